The summed E-state index contributed by atoms with van der Waals surface area (Å²) in [6.45, 7) is 3.47. The maximum absolute atomic E-state index is 13.0. The van der Waals surface area contributed by atoms with Gasteiger partial charge in [-0.05, 0) is 48.4 Å². The van der Waals surface area contributed by atoms with E-state index in [0.29, 0.717) is 29.8 Å². The van der Waals surface area contributed by atoms with E-state index in [1.54, 1.807) is 17.5 Å². The van der Waals surface area contributed by atoms with Crippen molar-refractivity contribution in [3.05, 3.63) is 106 Å². The van der Waals surface area contributed by atoms with E-state index in [-0.39, 0.29) is 11.1 Å². The number of carbonyl (C=O) groups is 4. The molecule has 0 bridgehead atoms. The van der Waals surface area contributed by atoms with Crippen LogP contribution in [0.25, 0.3) is 5.52 Å². The summed E-state index contributed by atoms with van der Waals surface area (Å²) in [7, 11) is 0. The fraction of sp³-hybridized carbons (Fsp3) is 0.207. The first-order valence-electron chi connectivity index (χ1n) is 12.0. The summed E-state index contributed by atoms with van der Waals surface area (Å²) < 4.78 is 1.63. The molecule has 188 valence electrons. The second-order valence-corrected chi connectivity index (χ2v) is 8.86. The SMILES string of the molecule is CCc1c(C(=O)C(N)=O)c2c(C(=O)C(=O)O)nc(C)cn2c1Cc1ccccc1CCc1ccccc1. The highest BCUT2D eigenvalue weighted by atomic mass is 16.4. The molecular weight excluding hydrogens is 470 g/mol. The van der Waals surface area contributed by atoms with Gasteiger partial charge >= 0.3 is 5.97 Å². The van der Waals surface area contributed by atoms with Crippen molar-refractivity contribution in [2.75, 3.05) is 0 Å². The molecule has 4 aromatic rings. The first-order chi connectivity index (χ1) is 17.7. The monoisotopic (exact) mass is 497 g/mol. The summed E-state index contributed by atoms with van der Waals surface area (Å²) in [5.74, 6) is -5.14. The van der Waals surface area contributed by atoms with Gasteiger partial charge in [-0.3, -0.25) is 14.4 Å². The Balaban J connectivity index is 1.90. The first kappa shape index (κ1) is 25.5. The van der Waals surface area contributed by atoms with Crippen LogP contribution in [0.5, 0.6) is 0 Å². The summed E-state index contributed by atoms with van der Waals surface area (Å²) in [5.41, 5.74) is 9.87. The lowest BCUT2D eigenvalue weighted by molar-refractivity contribution is -0.131. The lowest BCUT2D eigenvalue weighted by Crippen LogP contribution is -2.25. The Morgan fingerprint density at radius 1 is 0.919 bits per heavy atom. The Morgan fingerprint density at radius 2 is 1.57 bits per heavy atom. The number of primary amides is 1. The van der Waals surface area contributed by atoms with Crippen LogP contribution in [0.2, 0.25) is 0 Å². The minimum Gasteiger partial charge on any atom is -0.475 e. The van der Waals surface area contributed by atoms with Crippen LogP contribution in [0.1, 0.15) is 61.4 Å². The van der Waals surface area contributed by atoms with Crippen LogP contribution in [-0.2, 0) is 35.3 Å². The molecule has 0 atom stereocenters. The fourth-order valence-corrected chi connectivity index (χ4v) is 4.79. The van der Waals surface area contributed by atoms with Crippen LogP contribution < -0.4 is 5.73 Å². The summed E-state index contributed by atoms with van der Waals surface area (Å²) in [5, 5.41) is 9.41. The van der Waals surface area contributed by atoms with Gasteiger partial charge in [-0.25, -0.2) is 9.78 Å². The van der Waals surface area contributed by atoms with Gasteiger partial charge in [-0.1, -0.05) is 61.5 Å². The molecule has 4 rings (SSSR count). The summed E-state index contributed by atoms with van der Waals surface area (Å²) >= 11 is 0. The first-order valence-corrected chi connectivity index (χ1v) is 12.0. The van der Waals surface area contributed by atoms with Gasteiger partial charge in [-0.15, -0.1) is 0 Å². The van der Waals surface area contributed by atoms with Crippen molar-refractivity contribution in [2.45, 2.75) is 39.5 Å². The number of benzene rings is 2. The maximum Gasteiger partial charge on any atom is 0.379 e. The highest BCUT2D eigenvalue weighted by Crippen LogP contribution is 2.30. The number of aromatic nitrogens is 2. The van der Waals surface area contributed by atoms with Crippen molar-refractivity contribution >= 4 is 29.0 Å². The fourth-order valence-electron chi connectivity index (χ4n) is 4.79. The van der Waals surface area contributed by atoms with Crippen molar-refractivity contribution in [1.82, 2.24) is 9.38 Å². The highest BCUT2D eigenvalue weighted by Gasteiger charge is 2.31. The summed E-state index contributed by atoms with van der Waals surface area (Å²) in [4.78, 5) is 53.3. The van der Waals surface area contributed by atoms with Crippen LogP contribution in [0.4, 0.5) is 0 Å². The van der Waals surface area contributed by atoms with Gasteiger partial charge in [0.25, 0.3) is 17.5 Å². The topological polar surface area (TPSA) is 132 Å². The van der Waals surface area contributed by atoms with E-state index in [2.05, 4.69) is 23.2 Å². The molecule has 0 aliphatic heterocycles. The Bertz CT molecular complexity index is 1540. The quantitative estimate of drug-likeness (QED) is 0.255. The lowest BCUT2D eigenvalue weighted by Gasteiger charge is -2.12. The predicted octanol–water partition coefficient (Wildman–Crippen LogP) is 3.52. The number of carboxylic acid groups (broad SMARTS) is 1. The van der Waals surface area contributed by atoms with E-state index < -0.39 is 29.1 Å². The molecule has 0 aliphatic carbocycles. The van der Waals surface area contributed by atoms with E-state index in [4.69, 9.17) is 5.73 Å². The Labute approximate surface area is 213 Å². The summed E-state index contributed by atoms with van der Waals surface area (Å²) in [6, 6.07) is 18.1. The maximum atomic E-state index is 13.0. The Kier molecular flexibility index (Phi) is 7.29. The van der Waals surface area contributed by atoms with Crippen LogP contribution in [-0.4, -0.2) is 37.9 Å². The number of fused-ring (bicyclic) bond motifs is 1. The number of nitrogens with two attached hydrogens (primary N) is 1. The number of amides is 1. The second-order valence-electron chi connectivity index (χ2n) is 8.86. The molecule has 0 fully saturated rings. The molecule has 0 unspecified atom stereocenters. The Hall–Kier alpha value is -4.59. The number of hydrogen-bond donors (Lipinski definition) is 2. The van der Waals surface area contributed by atoms with Gasteiger partial charge in [0.1, 0.15) is 5.69 Å². The molecule has 2 aromatic carbocycles. The van der Waals surface area contributed by atoms with E-state index >= 15 is 0 Å². The molecule has 0 saturated carbocycles. The zero-order chi connectivity index (χ0) is 26.7. The lowest BCUT2D eigenvalue weighted by atomic mass is 9.94. The number of aryl methyl sites for hydroxylation is 3. The number of rotatable bonds is 10. The second kappa shape index (κ2) is 10.6. The van der Waals surface area contributed by atoms with Crippen LogP contribution in [0, 0.1) is 6.92 Å². The minimum absolute atomic E-state index is 0.00424. The summed E-state index contributed by atoms with van der Waals surface area (Å²) in [6.07, 6.45) is 4.04. The molecule has 0 aliphatic rings. The van der Waals surface area contributed by atoms with Crippen molar-refractivity contribution in [3.8, 4) is 0 Å². The molecule has 0 spiro atoms. The number of carbonyl (C=O) groups excluding carboxylic acids is 3. The van der Waals surface area contributed by atoms with Gasteiger partial charge in [0.15, 0.2) is 0 Å². The molecule has 37 heavy (non-hydrogen) atoms. The molecule has 3 N–H and O–H groups in total. The number of ketones is 2. The zero-order valence-corrected chi connectivity index (χ0v) is 20.7. The Morgan fingerprint density at radius 3 is 2.19 bits per heavy atom. The molecule has 0 radical (unpaired) electrons. The van der Waals surface area contributed by atoms with Gasteiger partial charge in [0, 0.05) is 18.3 Å². The van der Waals surface area contributed by atoms with E-state index in [0.717, 1.165) is 24.0 Å². The minimum atomic E-state index is -1.70. The number of aliphatic carboxylic acids is 1. The van der Waals surface area contributed by atoms with Crippen LogP contribution >= 0.6 is 0 Å². The number of carboxylic acids is 1. The largest absolute Gasteiger partial charge is 0.475 e. The average Bonchev–Trinajstić information content (AvgIpc) is 3.19. The van der Waals surface area contributed by atoms with Gasteiger partial charge in [0.2, 0.25) is 0 Å². The number of nitrogens with zero attached hydrogens (tertiary/aromatic N) is 2. The van der Waals surface area contributed by atoms with Crippen LogP contribution in [0.15, 0.2) is 60.8 Å². The third-order valence-corrected chi connectivity index (χ3v) is 6.46. The normalized spacial score (nSPS) is 11.0. The van der Waals surface area contributed by atoms with Crippen molar-refractivity contribution in [2.24, 2.45) is 5.73 Å². The molecule has 1 amide bonds. The molecule has 2 heterocycles. The number of Topliss-reactive ketones (excluding diaryl/α,β-unsaturated/α-hetero) is 2. The van der Waals surface area contributed by atoms with E-state index in [1.165, 1.54) is 5.56 Å². The van der Waals surface area contributed by atoms with E-state index in [9.17, 15) is 24.3 Å². The third-order valence-electron chi connectivity index (χ3n) is 6.46. The smallest absolute Gasteiger partial charge is 0.379 e. The van der Waals surface area contributed by atoms with E-state index in [1.807, 2.05) is 43.3 Å². The molecule has 2 aromatic heterocycles. The molecule has 8 nitrogen and oxygen atoms in total. The predicted molar refractivity (Wildman–Crippen MR) is 138 cm³/mol. The standard InChI is InChI=1S/C29H27N3O5/c1-3-21-22(15-20-12-8-7-11-19(20)14-13-18-9-5-4-6-10-18)32-16-17(2)31-24(27(34)29(36)37)25(32)23(21)26(33)28(30)35/h4-12,16H,3,13-15H2,1-2H3,(H2,30,35)(H,36,37). The highest BCUT2D eigenvalue weighted by molar-refractivity contribution is 6.46. The molecular formula is C29H27N3O5. The van der Waals surface area contributed by atoms with Crippen molar-refractivity contribution in [3.63, 3.8) is 0 Å². The van der Waals surface area contributed by atoms with Crippen molar-refractivity contribution in [1.29, 1.82) is 0 Å². The average molecular weight is 498 g/mol. The molecule has 0 saturated heterocycles. The third kappa shape index (κ3) is 5.04. The van der Waals surface area contributed by atoms with Gasteiger partial charge in [-0.2, -0.15) is 0 Å². The zero-order valence-electron chi connectivity index (χ0n) is 20.7. The van der Waals surface area contributed by atoms with Crippen LogP contribution in [0.3, 0.4) is 0 Å². The molecule has 8 heteroatoms. The number of hydrogen-bond acceptors (Lipinski definition) is 5. The van der Waals surface area contributed by atoms with Crippen molar-refractivity contribution < 1.29 is 24.3 Å². The van der Waals surface area contributed by atoms with Gasteiger partial charge < -0.3 is 15.2 Å². The van der Waals surface area contributed by atoms with Gasteiger partial charge in [0.05, 0.1) is 16.8 Å².